The molecule has 0 radical (unpaired) electrons. The molecule has 1 aliphatic heterocycles. The van der Waals surface area contributed by atoms with Gasteiger partial charge in [-0.15, -0.1) is 0 Å². The molecule has 2 N–H and O–H groups in total. The summed E-state index contributed by atoms with van der Waals surface area (Å²) >= 11 is 0. The number of methoxy groups -OCH3 is 1. The molecule has 5 nitrogen and oxygen atoms in total. The van der Waals surface area contributed by atoms with Gasteiger partial charge in [-0.2, -0.15) is 0 Å². The average Bonchev–Trinajstić information content (AvgIpc) is 2.70. The molecule has 0 aromatic heterocycles. The van der Waals surface area contributed by atoms with Crippen molar-refractivity contribution in [2.45, 2.75) is 25.8 Å². The molecule has 0 aromatic carbocycles. The van der Waals surface area contributed by atoms with Gasteiger partial charge in [-0.05, 0) is 13.3 Å². The SMILES string of the molecule is COCCNC(=O)C(C)NC1=NCCC1. The van der Waals surface area contributed by atoms with Crippen LogP contribution in [0.3, 0.4) is 0 Å². The van der Waals surface area contributed by atoms with E-state index in [1.165, 1.54) is 0 Å². The second-order valence-corrected chi connectivity index (χ2v) is 3.58. The van der Waals surface area contributed by atoms with Crippen molar-refractivity contribution in [1.82, 2.24) is 10.6 Å². The van der Waals surface area contributed by atoms with Gasteiger partial charge in [0.25, 0.3) is 0 Å². The summed E-state index contributed by atoms with van der Waals surface area (Å²) in [6.45, 7) is 3.80. The van der Waals surface area contributed by atoms with Crippen molar-refractivity contribution in [3.8, 4) is 0 Å². The normalized spacial score (nSPS) is 17.1. The number of hydrogen-bond donors (Lipinski definition) is 2. The van der Waals surface area contributed by atoms with Crippen molar-refractivity contribution in [3.05, 3.63) is 0 Å². The first-order valence-corrected chi connectivity index (χ1v) is 5.30. The van der Waals surface area contributed by atoms with Gasteiger partial charge in [0.2, 0.25) is 5.91 Å². The molecule has 86 valence electrons. The number of hydrogen-bond acceptors (Lipinski definition) is 4. The van der Waals surface area contributed by atoms with Crippen LogP contribution in [0.2, 0.25) is 0 Å². The summed E-state index contributed by atoms with van der Waals surface area (Å²) in [7, 11) is 1.61. The number of carbonyl (C=O) groups is 1. The Morgan fingerprint density at radius 3 is 3.07 bits per heavy atom. The summed E-state index contributed by atoms with van der Waals surface area (Å²) in [5, 5.41) is 5.88. The minimum absolute atomic E-state index is 0.0124. The van der Waals surface area contributed by atoms with Crippen molar-refractivity contribution in [2.24, 2.45) is 4.99 Å². The number of carbonyl (C=O) groups excluding carboxylic acids is 1. The number of amidine groups is 1. The Morgan fingerprint density at radius 1 is 1.67 bits per heavy atom. The molecule has 0 saturated carbocycles. The first-order valence-electron chi connectivity index (χ1n) is 5.30. The van der Waals surface area contributed by atoms with Crippen LogP contribution in [-0.2, 0) is 9.53 Å². The van der Waals surface area contributed by atoms with Crippen LogP contribution in [0.25, 0.3) is 0 Å². The number of nitrogens with one attached hydrogen (secondary N) is 2. The number of ether oxygens (including phenoxy) is 1. The smallest absolute Gasteiger partial charge is 0.242 e. The van der Waals surface area contributed by atoms with Gasteiger partial charge in [-0.3, -0.25) is 9.79 Å². The molecule has 0 spiro atoms. The summed E-state index contributed by atoms with van der Waals surface area (Å²) in [5.41, 5.74) is 0. The van der Waals surface area contributed by atoms with E-state index < -0.39 is 0 Å². The lowest BCUT2D eigenvalue weighted by Gasteiger charge is -2.14. The van der Waals surface area contributed by atoms with Gasteiger partial charge in [0.1, 0.15) is 6.04 Å². The third-order valence-electron chi connectivity index (χ3n) is 2.26. The van der Waals surface area contributed by atoms with E-state index in [1.807, 2.05) is 6.92 Å². The number of aliphatic imine (C=N–C) groups is 1. The van der Waals surface area contributed by atoms with Gasteiger partial charge >= 0.3 is 0 Å². The van der Waals surface area contributed by atoms with E-state index in [-0.39, 0.29) is 11.9 Å². The van der Waals surface area contributed by atoms with Crippen LogP contribution in [0.4, 0.5) is 0 Å². The van der Waals surface area contributed by atoms with Crippen molar-refractivity contribution in [1.29, 1.82) is 0 Å². The molecule has 0 saturated heterocycles. The zero-order chi connectivity index (χ0) is 11.1. The Hall–Kier alpha value is -1.10. The third-order valence-corrected chi connectivity index (χ3v) is 2.26. The summed E-state index contributed by atoms with van der Waals surface area (Å²) in [5.74, 6) is 0.936. The molecule has 0 aromatic rings. The predicted molar refractivity (Wildman–Crippen MR) is 59.0 cm³/mol. The van der Waals surface area contributed by atoms with E-state index in [2.05, 4.69) is 15.6 Å². The monoisotopic (exact) mass is 213 g/mol. The minimum atomic E-state index is -0.223. The van der Waals surface area contributed by atoms with Gasteiger partial charge in [0, 0.05) is 26.6 Å². The molecule has 1 rings (SSSR count). The molecule has 15 heavy (non-hydrogen) atoms. The van der Waals surface area contributed by atoms with Gasteiger partial charge in [-0.25, -0.2) is 0 Å². The summed E-state index contributed by atoms with van der Waals surface area (Å²) < 4.78 is 4.85. The van der Waals surface area contributed by atoms with Crippen molar-refractivity contribution in [2.75, 3.05) is 26.8 Å². The van der Waals surface area contributed by atoms with E-state index in [4.69, 9.17) is 4.74 Å². The van der Waals surface area contributed by atoms with E-state index in [0.717, 1.165) is 25.2 Å². The summed E-state index contributed by atoms with van der Waals surface area (Å²) in [6, 6.07) is -0.223. The molecule has 0 fully saturated rings. The van der Waals surface area contributed by atoms with Crippen molar-refractivity contribution < 1.29 is 9.53 Å². The van der Waals surface area contributed by atoms with Crippen LogP contribution in [0, 0.1) is 0 Å². The fourth-order valence-electron chi connectivity index (χ4n) is 1.40. The summed E-state index contributed by atoms with van der Waals surface area (Å²) in [4.78, 5) is 15.8. The number of amides is 1. The van der Waals surface area contributed by atoms with Crippen molar-refractivity contribution in [3.63, 3.8) is 0 Å². The molecule has 1 aliphatic rings. The molecule has 5 heteroatoms. The lowest BCUT2D eigenvalue weighted by atomic mass is 10.2. The van der Waals surface area contributed by atoms with Gasteiger partial charge in [0.15, 0.2) is 0 Å². The Kier molecular flexibility index (Phi) is 5.10. The topological polar surface area (TPSA) is 62.7 Å². The second kappa shape index (κ2) is 6.40. The molecular formula is C10H19N3O2. The maximum atomic E-state index is 11.5. The molecule has 0 aliphatic carbocycles. The van der Waals surface area contributed by atoms with Crippen LogP contribution in [0.15, 0.2) is 4.99 Å². The predicted octanol–water partition coefficient (Wildman–Crippen LogP) is -0.0806. The first-order chi connectivity index (χ1) is 7.24. The number of nitrogens with zero attached hydrogens (tertiary/aromatic N) is 1. The summed E-state index contributed by atoms with van der Waals surface area (Å²) in [6.07, 6.45) is 2.04. The highest BCUT2D eigenvalue weighted by atomic mass is 16.5. The van der Waals surface area contributed by atoms with Crippen LogP contribution in [0.5, 0.6) is 0 Å². The van der Waals surface area contributed by atoms with Gasteiger partial charge in [0.05, 0.1) is 12.4 Å². The first kappa shape index (κ1) is 12.0. The average molecular weight is 213 g/mol. The fourth-order valence-corrected chi connectivity index (χ4v) is 1.40. The maximum absolute atomic E-state index is 11.5. The highest BCUT2D eigenvalue weighted by Gasteiger charge is 2.15. The standard InChI is InChI=1S/C10H19N3O2/c1-8(10(14)12-6-7-15-2)13-9-4-3-5-11-9/h8H,3-7H2,1-2H3,(H,11,13)(H,12,14). The van der Waals surface area contributed by atoms with Gasteiger partial charge < -0.3 is 15.4 Å². The molecule has 1 heterocycles. The Morgan fingerprint density at radius 2 is 2.47 bits per heavy atom. The van der Waals surface area contributed by atoms with Crippen LogP contribution in [-0.4, -0.2) is 44.6 Å². The fraction of sp³-hybridized carbons (Fsp3) is 0.800. The lowest BCUT2D eigenvalue weighted by Crippen LogP contribution is -2.45. The zero-order valence-corrected chi connectivity index (χ0v) is 9.38. The molecule has 1 unspecified atom stereocenters. The Bertz CT molecular complexity index is 241. The second-order valence-electron chi connectivity index (χ2n) is 3.58. The van der Waals surface area contributed by atoms with Crippen LogP contribution < -0.4 is 10.6 Å². The molecular weight excluding hydrogens is 194 g/mol. The van der Waals surface area contributed by atoms with E-state index >= 15 is 0 Å². The lowest BCUT2D eigenvalue weighted by molar-refractivity contribution is -0.122. The van der Waals surface area contributed by atoms with E-state index in [0.29, 0.717) is 13.2 Å². The van der Waals surface area contributed by atoms with Crippen LogP contribution in [0.1, 0.15) is 19.8 Å². The highest BCUT2D eigenvalue weighted by Crippen LogP contribution is 2.01. The van der Waals surface area contributed by atoms with E-state index in [1.54, 1.807) is 7.11 Å². The Labute approximate surface area is 90.3 Å². The van der Waals surface area contributed by atoms with Gasteiger partial charge in [-0.1, -0.05) is 0 Å². The maximum Gasteiger partial charge on any atom is 0.242 e. The number of rotatable bonds is 5. The molecule has 1 amide bonds. The third kappa shape index (κ3) is 4.29. The largest absolute Gasteiger partial charge is 0.383 e. The molecule has 0 bridgehead atoms. The van der Waals surface area contributed by atoms with E-state index in [9.17, 15) is 4.79 Å². The zero-order valence-electron chi connectivity index (χ0n) is 9.38. The Balaban J connectivity index is 2.20. The van der Waals surface area contributed by atoms with Crippen LogP contribution >= 0.6 is 0 Å². The highest BCUT2D eigenvalue weighted by molar-refractivity contribution is 5.90. The molecule has 1 atom stereocenters. The van der Waals surface area contributed by atoms with Crippen molar-refractivity contribution >= 4 is 11.7 Å². The quantitative estimate of drug-likeness (QED) is 0.628. The minimum Gasteiger partial charge on any atom is -0.383 e.